The van der Waals surface area contributed by atoms with Gasteiger partial charge in [0.25, 0.3) is 10.0 Å². The van der Waals surface area contributed by atoms with Crippen LogP contribution in [0, 0.1) is 11.3 Å². The standard InChI is InChI=1S/C15H26ClN3O2S/c1-5-15(2,3)11-6-8-12(9-7-11)18-22(20,21)14-13(16)19(4)10-17-14/h10-12,18H,5-9H2,1-4H3. The van der Waals surface area contributed by atoms with Crippen molar-refractivity contribution in [3.05, 3.63) is 11.5 Å². The third-order valence-electron chi connectivity index (χ3n) is 5.15. The molecule has 1 heterocycles. The molecule has 1 aromatic rings. The van der Waals surface area contributed by atoms with Gasteiger partial charge in [-0.05, 0) is 37.0 Å². The summed E-state index contributed by atoms with van der Waals surface area (Å²) < 4.78 is 29.1. The smallest absolute Gasteiger partial charge is 0.261 e. The minimum Gasteiger partial charge on any atom is -0.324 e. The van der Waals surface area contributed by atoms with Gasteiger partial charge in [0.05, 0.1) is 6.33 Å². The topological polar surface area (TPSA) is 64.0 Å². The van der Waals surface area contributed by atoms with Crippen molar-refractivity contribution < 1.29 is 8.42 Å². The van der Waals surface area contributed by atoms with E-state index in [1.807, 2.05) is 0 Å². The van der Waals surface area contributed by atoms with Crippen LogP contribution < -0.4 is 4.72 Å². The zero-order chi connectivity index (χ0) is 16.5. The first-order chi connectivity index (χ1) is 10.2. The Bertz CT molecular complexity index is 617. The van der Waals surface area contributed by atoms with Crippen molar-refractivity contribution in [3.63, 3.8) is 0 Å². The van der Waals surface area contributed by atoms with Crippen LogP contribution in [0.1, 0.15) is 52.9 Å². The van der Waals surface area contributed by atoms with Gasteiger partial charge in [0.15, 0.2) is 0 Å². The van der Waals surface area contributed by atoms with Crippen LogP contribution in [-0.2, 0) is 17.1 Å². The highest BCUT2D eigenvalue weighted by molar-refractivity contribution is 7.89. The van der Waals surface area contributed by atoms with Gasteiger partial charge in [0.2, 0.25) is 5.03 Å². The summed E-state index contributed by atoms with van der Waals surface area (Å²) in [6.07, 6.45) is 6.43. The van der Waals surface area contributed by atoms with Gasteiger partial charge in [-0.1, -0.05) is 38.8 Å². The highest BCUT2D eigenvalue weighted by Gasteiger charge is 2.34. The average Bonchev–Trinajstić information content (AvgIpc) is 2.80. The fourth-order valence-corrected chi connectivity index (χ4v) is 4.87. The highest BCUT2D eigenvalue weighted by Crippen LogP contribution is 2.40. The Kier molecular flexibility index (Phi) is 5.24. The SMILES string of the molecule is CCC(C)(C)C1CCC(NS(=O)(=O)c2ncn(C)c2Cl)CC1. The van der Waals surface area contributed by atoms with Crippen molar-refractivity contribution in [3.8, 4) is 0 Å². The quantitative estimate of drug-likeness (QED) is 0.888. The molecule has 1 N–H and O–H groups in total. The maximum Gasteiger partial charge on any atom is 0.261 e. The van der Waals surface area contributed by atoms with Crippen molar-refractivity contribution in [2.24, 2.45) is 18.4 Å². The van der Waals surface area contributed by atoms with Crippen molar-refractivity contribution in [1.82, 2.24) is 14.3 Å². The molecule has 22 heavy (non-hydrogen) atoms. The van der Waals surface area contributed by atoms with E-state index >= 15 is 0 Å². The van der Waals surface area contributed by atoms with Crippen LogP contribution >= 0.6 is 11.6 Å². The molecule has 0 aliphatic heterocycles. The van der Waals surface area contributed by atoms with Crippen LogP contribution in [0.4, 0.5) is 0 Å². The summed E-state index contributed by atoms with van der Waals surface area (Å²) in [7, 11) is -1.97. The van der Waals surface area contributed by atoms with Crippen molar-refractivity contribution in [2.45, 2.75) is 63.9 Å². The Morgan fingerprint density at radius 1 is 1.36 bits per heavy atom. The number of aryl methyl sites for hydroxylation is 1. The normalized spacial score (nSPS) is 23.7. The molecular weight excluding hydrogens is 322 g/mol. The Balaban J connectivity index is 2.00. The first-order valence-electron chi connectivity index (χ1n) is 7.86. The lowest BCUT2D eigenvalue weighted by molar-refractivity contribution is 0.142. The molecule has 0 unspecified atom stereocenters. The minimum atomic E-state index is -3.64. The molecule has 0 amide bonds. The van der Waals surface area contributed by atoms with Crippen molar-refractivity contribution in [1.29, 1.82) is 0 Å². The summed E-state index contributed by atoms with van der Waals surface area (Å²) in [4.78, 5) is 3.90. The maximum atomic E-state index is 12.4. The fourth-order valence-electron chi connectivity index (χ4n) is 3.13. The zero-order valence-corrected chi connectivity index (χ0v) is 15.3. The molecule has 0 spiro atoms. The second-order valence-electron chi connectivity index (χ2n) is 6.96. The second kappa shape index (κ2) is 6.49. The van der Waals surface area contributed by atoms with E-state index < -0.39 is 10.0 Å². The van der Waals surface area contributed by atoms with Crippen LogP contribution in [0.25, 0.3) is 0 Å². The number of hydrogen-bond acceptors (Lipinski definition) is 3. The lowest BCUT2D eigenvalue weighted by Gasteiger charge is -2.38. The number of nitrogens with one attached hydrogen (secondary N) is 1. The van der Waals surface area contributed by atoms with E-state index in [-0.39, 0.29) is 16.2 Å². The Labute approximate surface area is 138 Å². The van der Waals surface area contributed by atoms with E-state index in [1.54, 1.807) is 7.05 Å². The molecule has 1 saturated carbocycles. The Hall–Kier alpha value is -0.590. The van der Waals surface area contributed by atoms with Crippen LogP contribution in [0.3, 0.4) is 0 Å². The number of sulfonamides is 1. The predicted molar refractivity (Wildman–Crippen MR) is 88.4 cm³/mol. The molecule has 0 radical (unpaired) electrons. The van der Waals surface area contributed by atoms with Crippen LogP contribution in [0.15, 0.2) is 11.4 Å². The lowest BCUT2D eigenvalue weighted by Crippen LogP contribution is -2.40. The first-order valence-corrected chi connectivity index (χ1v) is 9.72. The van der Waals surface area contributed by atoms with Crippen LogP contribution in [0.2, 0.25) is 5.15 Å². The highest BCUT2D eigenvalue weighted by atomic mass is 35.5. The molecule has 0 atom stereocenters. The number of imidazole rings is 1. The second-order valence-corrected chi connectivity index (χ2v) is 8.95. The van der Waals surface area contributed by atoms with E-state index in [4.69, 9.17) is 11.6 Å². The van der Waals surface area contributed by atoms with Crippen molar-refractivity contribution >= 4 is 21.6 Å². The summed E-state index contributed by atoms with van der Waals surface area (Å²) >= 11 is 5.99. The molecule has 1 fully saturated rings. The molecule has 0 bridgehead atoms. The minimum absolute atomic E-state index is 0.0213. The van der Waals surface area contributed by atoms with E-state index in [1.165, 1.54) is 10.9 Å². The van der Waals surface area contributed by atoms with Gasteiger partial charge in [-0.25, -0.2) is 18.1 Å². The van der Waals surface area contributed by atoms with Gasteiger partial charge in [0, 0.05) is 13.1 Å². The van der Waals surface area contributed by atoms with Crippen LogP contribution in [-0.4, -0.2) is 24.0 Å². The van der Waals surface area contributed by atoms with E-state index in [2.05, 4.69) is 30.5 Å². The van der Waals surface area contributed by atoms with E-state index in [0.29, 0.717) is 11.3 Å². The van der Waals surface area contributed by atoms with E-state index in [0.717, 1.165) is 32.1 Å². The molecule has 2 rings (SSSR count). The number of hydrogen-bond donors (Lipinski definition) is 1. The monoisotopic (exact) mass is 347 g/mol. The van der Waals surface area contributed by atoms with E-state index in [9.17, 15) is 8.42 Å². The van der Waals surface area contributed by atoms with Gasteiger partial charge >= 0.3 is 0 Å². The van der Waals surface area contributed by atoms with Crippen molar-refractivity contribution in [2.75, 3.05) is 0 Å². The fraction of sp³-hybridized carbons (Fsp3) is 0.800. The third kappa shape index (κ3) is 3.66. The average molecular weight is 348 g/mol. The molecule has 0 aromatic carbocycles. The molecule has 5 nitrogen and oxygen atoms in total. The Morgan fingerprint density at radius 2 is 1.95 bits per heavy atom. The molecule has 1 aromatic heterocycles. The first kappa shape index (κ1) is 17.8. The maximum absolute atomic E-state index is 12.4. The number of aromatic nitrogens is 2. The summed E-state index contributed by atoms with van der Waals surface area (Å²) in [5.74, 6) is 0.664. The molecular formula is C15H26ClN3O2S. The van der Waals surface area contributed by atoms with Gasteiger partial charge in [0.1, 0.15) is 5.15 Å². The predicted octanol–water partition coefficient (Wildman–Crippen LogP) is 3.35. The van der Waals surface area contributed by atoms with Crippen LogP contribution in [0.5, 0.6) is 0 Å². The molecule has 126 valence electrons. The molecule has 7 heteroatoms. The zero-order valence-electron chi connectivity index (χ0n) is 13.8. The summed E-state index contributed by atoms with van der Waals surface area (Å²) in [5.41, 5.74) is 0.328. The largest absolute Gasteiger partial charge is 0.324 e. The number of halogens is 1. The van der Waals surface area contributed by atoms with Gasteiger partial charge < -0.3 is 4.57 Å². The molecule has 0 saturated heterocycles. The number of nitrogens with zero attached hydrogens (tertiary/aromatic N) is 2. The molecule has 1 aliphatic carbocycles. The molecule has 1 aliphatic rings. The summed E-state index contributed by atoms with van der Waals surface area (Å²) in [6.45, 7) is 6.82. The van der Waals surface area contributed by atoms with Gasteiger partial charge in [-0.3, -0.25) is 0 Å². The summed E-state index contributed by atoms with van der Waals surface area (Å²) in [6, 6.07) is -0.0213. The number of rotatable bonds is 5. The van der Waals surface area contributed by atoms with Gasteiger partial charge in [-0.2, -0.15) is 0 Å². The Morgan fingerprint density at radius 3 is 2.41 bits per heavy atom. The lowest BCUT2D eigenvalue weighted by atomic mass is 9.69. The summed E-state index contributed by atoms with van der Waals surface area (Å²) in [5, 5.41) is 0.0704. The van der Waals surface area contributed by atoms with Gasteiger partial charge in [-0.15, -0.1) is 0 Å². The third-order valence-corrected chi connectivity index (χ3v) is 7.16.